The molecule has 14 heavy (non-hydrogen) atoms. The van der Waals surface area contributed by atoms with Gasteiger partial charge in [-0.05, 0) is 11.8 Å². The van der Waals surface area contributed by atoms with E-state index in [2.05, 4.69) is 20.8 Å². The molecule has 3 nitrogen and oxygen atoms in total. The Kier molecular flexibility index (Phi) is 4.39. The first-order valence-corrected chi connectivity index (χ1v) is 5.46. The van der Waals surface area contributed by atoms with Crippen LogP contribution >= 0.6 is 0 Å². The maximum absolute atomic E-state index is 11.8. The summed E-state index contributed by atoms with van der Waals surface area (Å²) in [6, 6.07) is 0. The van der Waals surface area contributed by atoms with Gasteiger partial charge in [0.1, 0.15) is 0 Å². The highest BCUT2D eigenvalue weighted by molar-refractivity contribution is 5.76. The molecule has 0 N–H and O–H groups in total. The lowest BCUT2D eigenvalue weighted by Gasteiger charge is -2.28. The summed E-state index contributed by atoms with van der Waals surface area (Å²) in [6.45, 7) is 9.40. The number of amides is 1. The molecule has 1 aliphatic rings. The smallest absolute Gasteiger partial charge is 0.223 e. The highest BCUT2D eigenvalue weighted by Crippen LogP contribution is 2.15. The molecule has 0 aromatic rings. The normalized spacial score (nSPS) is 19.9. The lowest BCUT2D eigenvalue weighted by Crippen LogP contribution is -2.41. The third kappa shape index (κ3) is 3.29. The molecular weight excluding hydrogens is 178 g/mol. The zero-order valence-electron chi connectivity index (χ0n) is 9.45. The van der Waals surface area contributed by atoms with Crippen molar-refractivity contribution in [2.24, 2.45) is 11.8 Å². The van der Waals surface area contributed by atoms with Crippen LogP contribution in [0.2, 0.25) is 0 Å². The van der Waals surface area contributed by atoms with Crippen molar-refractivity contribution in [3.8, 4) is 0 Å². The SMILES string of the molecule is CC(C)C(C)CC(=O)N1CCOCC1. The minimum absolute atomic E-state index is 0.287. The van der Waals surface area contributed by atoms with Crippen LogP contribution in [0.3, 0.4) is 0 Å². The van der Waals surface area contributed by atoms with Gasteiger partial charge in [0.15, 0.2) is 0 Å². The summed E-state index contributed by atoms with van der Waals surface area (Å²) < 4.78 is 5.21. The number of rotatable bonds is 3. The summed E-state index contributed by atoms with van der Waals surface area (Å²) in [5, 5.41) is 0. The van der Waals surface area contributed by atoms with Crippen LogP contribution in [-0.4, -0.2) is 37.1 Å². The molecule has 3 heteroatoms. The van der Waals surface area contributed by atoms with Gasteiger partial charge in [0.2, 0.25) is 5.91 Å². The molecule has 0 bridgehead atoms. The molecule has 0 aromatic carbocycles. The Hall–Kier alpha value is -0.570. The number of carbonyl (C=O) groups excluding carboxylic acids is 1. The second-order valence-corrected chi connectivity index (χ2v) is 4.42. The fraction of sp³-hybridized carbons (Fsp3) is 0.909. The molecule has 0 saturated carbocycles. The van der Waals surface area contributed by atoms with Gasteiger partial charge < -0.3 is 9.64 Å². The van der Waals surface area contributed by atoms with Crippen molar-refractivity contribution in [2.75, 3.05) is 26.3 Å². The first kappa shape index (κ1) is 11.5. The molecular formula is C11H21NO2. The van der Waals surface area contributed by atoms with E-state index in [1.807, 2.05) is 4.90 Å². The maximum Gasteiger partial charge on any atom is 0.223 e. The molecule has 1 atom stereocenters. The van der Waals surface area contributed by atoms with Gasteiger partial charge in [-0.25, -0.2) is 0 Å². The average Bonchev–Trinajstić information content (AvgIpc) is 2.19. The number of nitrogens with zero attached hydrogens (tertiary/aromatic N) is 1. The second kappa shape index (κ2) is 5.35. The Morgan fingerprint density at radius 3 is 2.36 bits per heavy atom. The first-order chi connectivity index (χ1) is 6.61. The van der Waals surface area contributed by atoms with E-state index in [1.165, 1.54) is 0 Å². The Labute approximate surface area is 86.4 Å². The van der Waals surface area contributed by atoms with Crippen LogP contribution in [0, 0.1) is 11.8 Å². The molecule has 0 aliphatic carbocycles. The topological polar surface area (TPSA) is 29.5 Å². The molecule has 1 heterocycles. The first-order valence-electron chi connectivity index (χ1n) is 5.46. The lowest BCUT2D eigenvalue weighted by atomic mass is 9.94. The van der Waals surface area contributed by atoms with Crippen molar-refractivity contribution in [3.63, 3.8) is 0 Å². The quantitative estimate of drug-likeness (QED) is 0.690. The van der Waals surface area contributed by atoms with E-state index >= 15 is 0 Å². The minimum atomic E-state index is 0.287. The van der Waals surface area contributed by atoms with Crippen LogP contribution in [-0.2, 0) is 9.53 Å². The van der Waals surface area contributed by atoms with E-state index in [9.17, 15) is 4.79 Å². The average molecular weight is 199 g/mol. The van der Waals surface area contributed by atoms with Crippen molar-refractivity contribution < 1.29 is 9.53 Å². The van der Waals surface area contributed by atoms with Gasteiger partial charge in [-0.1, -0.05) is 20.8 Å². The van der Waals surface area contributed by atoms with Crippen LogP contribution < -0.4 is 0 Å². The molecule has 0 radical (unpaired) electrons. The minimum Gasteiger partial charge on any atom is -0.378 e. The van der Waals surface area contributed by atoms with Crippen LogP contribution in [0.4, 0.5) is 0 Å². The summed E-state index contributed by atoms with van der Waals surface area (Å²) in [6.07, 6.45) is 0.678. The third-order valence-corrected chi connectivity index (χ3v) is 3.00. The van der Waals surface area contributed by atoms with Gasteiger partial charge in [0.25, 0.3) is 0 Å². The van der Waals surface area contributed by atoms with E-state index in [-0.39, 0.29) is 5.91 Å². The molecule has 0 aromatic heterocycles. The second-order valence-electron chi connectivity index (χ2n) is 4.42. The summed E-state index contributed by atoms with van der Waals surface area (Å²) in [5.74, 6) is 1.35. The summed E-state index contributed by atoms with van der Waals surface area (Å²) in [4.78, 5) is 13.7. The molecule has 1 saturated heterocycles. The summed E-state index contributed by atoms with van der Waals surface area (Å²) in [7, 11) is 0. The van der Waals surface area contributed by atoms with Crippen molar-refractivity contribution in [1.82, 2.24) is 4.90 Å². The molecule has 1 aliphatic heterocycles. The fourth-order valence-electron chi connectivity index (χ4n) is 1.45. The lowest BCUT2D eigenvalue weighted by molar-refractivity contribution is -0.136. The van der Waals surface area contributed by atoms with E-state index in [1.54, 1.807) is 0 Å². The highest BCUT2D eigenvalue weighted by Gasteiger charge is 2.19. The Morgan fingerprint density at radius 1 is 1.29 bits per heavy atom. The van der Waals surface area contributed by atoms with Crippen LogP contribution in [0.5, 0.6) is 0 Å². The van der Waals surface area contributed by atoms with Gasteiger partial charge in [-0.2, -0.15) is 0 Å². The number of morpholine rings is 1. The van der Waals surface area contributed by atoms with Crippen LogP contribution in [0.15, 0.2) is 0 Å². The predicted molar refractivity (Wildman–Crippen MR) is 56.0 cm³/mol. The standard InChI is InChI=1S/C11H21NO2/c1-9(2)10(3)8-11(13)12-4-6-14-7-5-12/h9-10H,4-8H2,1-3H3. The Bertz CT molecular complexity index is 186. The van der Waals surface area contributed by atoms with Crippen molar-refractivity contribution in [2.45, 2.75) is 27.2 Å². The zero-order valence-corrected chi connectivity index (χ0v) is 9.45. The Morgan fingerprint density at radius 2 is 1.86 bits per heavy atom. The van der Waals surface area contributed by atoms with Gasteiger partial charge in [-0.3, -0.25) is 4.79 Å². The fourth-order valence-corrected chi connectivity index (χ4v) is 1.45. The van der Waals surface area contributed by atoms with Gasteiger partial charge >= 0.3 is 0 Å². The van der Waals surface area contributed by atoms with Crippen molar-refractivity contribution >= 4 is 5.91 Å². The molecule has 1 amide bonds. The number of carbonyl (C=O) groups is 1. The van der Waals surface area contributed by atoms with E-state index in [0.29, 0.717) is 31.5 Å². The molecule has 82 valence electrons. The number of ether oxygens (including phenoxy) is 1. The van der Waals surface area contributed by atoms with Gasteiger partial charge in [0, 0.05) is 19.5 Å². The van der Waals surface area contributed by atoms with E-state index in [0.717, 1.165) is 13.1 Å². The van der Waals surface area contributed by atoms with Crippen molar-refractivity contribution in [1.29, 1.82) is 0 Å². The van der Waals surface area contributed by atoms with E-state index < -0.39 is 0 Å². The maximum atomic E-state index is 11.8. The monoisotopic (exact) mass is 199 g/mol. The number of hydrogen-bond donors (Lipinski definition) is 0. The van der Waals surface area contributed by atoms with Crippen LogP contribution in [0.1, 0.15) is 27.2 Å². The Balaban J connectivity index is 2.33. The molecule has 0 spiro atoms. The van der Waals surface area contributed by atoms with E-state index in [4.69, 9.17) is 4.74 Å². The molecule has 1 unspecified atom stereocenters. The van der Waals surface area contributed by atoms with Crippen LogP contribution in [0.25, 0.3) is 0 Å². The number of hydrogen-bond acceptors (Lipinski definition) is 2. The highest BCUT2D eigenvalue weighted by atomic mass is 16.5. The molecule has 1 fully saturated rings. The zero-order chi connectivity index (χ0) is 10.6. The summed E-state index contributed by atoms with van der Waals surface area (Å²) in [5.41, 5.74) is 0. The van der Waals surface area contributed by atoms with Gasteiger partial charge in [-0.15, -0.1) is 0 Å². The third-order valence-electron chi connectivity index (χ3n) is 3.00. The summed E-state index contributed by atoms with van der Waals surface area (Å²) >= 11 is 0. The van der Waals surface area contributed by atoms with Crippen molar-refractivity contribution in [3.05, 3.63) is 0 Å². The molecule has 1 rings (SSSR count). The predicted octanol–water partition coefficient (Wildman–Crippen LogP) is 1.53. The van der Waals surface area contributed by atoms with Gasteiger partial charge in [0.05, 0.1) is 13.2 Å². The largest absolute Gasteiger partial charge is 0.378 e.